The largest absolute Gasteiger partial charge is 0.399 e. The van der Waals surface area contributed by atoms with Crippen molar-refractivity contribution in [2.45, 2.75) is 11.3 Å². The first-order valence-electron chi connectivity index (χ1n) is 5.40. The van der Waals surface area contributed by atoms with Gasteiger partial charge in [-0.3, -0.25) is 0 Å². The number of benzene rings is 1. The second kappa shape index (κ2) is 5.51. The fourth-order valence-electron chi connectivity index (χ4n) is 1.51. The number of hydrogen-bond donors (Lipinski definition) is 2. The molecule has 0 aliphatic heterocycles. The van der Waals surface area contributed by atoms with Crippen molar-refractivity contribution in [3.63, 3.8) is 0 Å². The monoisotopic (exact) mass is 304 g/mol. The van der Waals surface area contributed by atoms with E-state index in [0.29, 0.717) is 0 Å². The van der Waals surface area contributed by atoms with Gasteiger partial charge in [0.05, 0.1) is 0 Å². The van der Waals surface area contributed by atoms with Crippen molar-refractivity contribution in [2.75, 3.05) is 12.3 Å². The van der Waals surface area contributed by atoms with E-state index in [9.17, 15) is 17.2 Å². The van der Waals surface area contributed by atoms with Gasteiger partial charge in [-0.25, -0.2) is 21.9 Å². The molecule has 2 rings (SSSR count). The molecule has 0 saturated heterocycles. The van der Waals surface area contributed by atoms with Crippen molar-refractivity contribution in [3.8, 4) is 0 Å². The fraction of sp³-hybridized carbons (Fsp3) is 0.200. The first-order chi connectivity index (χ1) is 9.40. The number of nitrogens with one attached hydrogen (secondary N) is 1. The Labute approximate surface area is 112 Å². The van der Waals surface area contributed by atoms with Crippen molar-refractivity contribution in [1.82, 2.24) is 14.9 Å². The molecule has 1 heterocycles. The predicted molar refractivity (Wildman–Crippen MR) is 64.0 cm³/mol. The zero-order valence-corrected chi connectivity index (χ0v) is 10.8. The van der Waals surface area contributed by atoms with Gasteiger partial charge < -0.3 is 10.3 Å². The van der Waals surface area contributed by atoms with E-state index < -0.39 is 26.6 Å². The summed E-state index contributed by atoms with van der Waals surface area (Å²) in [6, 6.07) is 1.46. The van der Waals surface area contributed by atoms with Gasteiger partial charge in [-0.05, 0) is 12.1 Å². The van der Waals surface area contributed by atoms with Gasteiger partial charge in [0.1, 0.15) is 11.6 Å². The molecule has 0 spiro atoms. The lowest BCUT2D eigenvalue weighted by Crippen LogP contribution is -2.28. The summed E-state index contributed by atoms with van der Waals surface area (Å²) in [5.74, 6) is -2.31. The van der Waals surface area contributed by atoms with Gasteiger partial charge in [0, 0.05) is 18.7 Å². The van der Waals surface area contributed by atoms with Crippen molar-refractivity contribution in [2.24, 2.45) is 0 Å². The Morgan fingerprint density at radius 3 is 2.50 bits per heavy atom. The number of aromatic nitrogens is 2. The summed E-state index contributed by atoms with van der Waals surface area (Å²) >= 11 is 0. The molecule has 0 fully saturated rings. The van der Waals surface area contributed by atoms with Crippen LogP contribution in [0.2, 0.25) is 0 Å². The number of nitrogen functional groups attached to an aromatic ring is 1. The van der Waals surface area contributed by atoms with Gasteiger partial charge in [0.15, 0.2) is 11.2 Å². The summed E-state index contributed by atoms with van der Waals surface area (Å²) in [6.07, 6.45) is 1.25. The first kappa shape index (κ1) is 14.3. The molecular formula is C10H10F2N4O3S. The fourth-order valence-corrected chi connectivity index (χ4v) is 2.65. The Balaban J connectivity index is 2.14. The molecule has 0 unspecified atom stereocenters. The molecule has 0 radical (unpaired) electrons. The highest BCUT2D eigenvalue weighted by Crippen LogP contribution is 2.21. The van der Waals surface area contributed by atoms with E-state index in [1.807, 2.05) is 4.72 Å². The predicted octanol–water partition coefficient (Wildman–Crippen LogP) is 0.451. The molecule has 3 N–H and O–H groups in total. The van der Waals surface area contributed by atoms with Gasteiger partial charge >= 0.3 is 0 Å². The van der Waals surface area contributed by atoms with Crippen LogP contribution in [0.5, 0.6) is 0 Å². The first-order valence-corrected chi connectivity index (χ1v) is 6.88. The van der Waals surface area contributed by atoms with Crippen molar-refractivity contribution < 1.29 is 21.7 Å². The maximum absolute atomic E-state index is 13.5. The molecule has 0 saturated carbocycles. The van der Waals surface area contributed by atoms with Crippen LogP contribution in [-0.4, -0.2) is 25.1 Å². The van der Waals surface area contributed by atoms with Gasteiger partial charge in [0.25, 0.3) is 0 Å². The Morgan fingerprint density at radius 1 is 1.30 bits per heavy atom. The van der Waals surface area contributed by atoms with E-state index in [4.69, 9.17) is 5.73 Å². The molecule has 2 aromatic rings. The summed E-state index contributed by atoms with van der Waals surface area (Å²) in [7, 11) is -4.34. The summed E-state index contributed by atoms with van der Waals surface area (Å²) in [4.78, 5) is 2.61. The van der Waals surface area contributed by atoms with Crippen molar-refractivity contribution in [3.05, 3.63) is 36.0 Å². The minimum atomic E-state index is -4.34. The highest BCUT2D eigenvalue weighted by molar-refractivity contribution is 7.89. The van der Waals surface area contributed by atoms with E-state index in [0.717, 1.165) is 18.5 Å². The van der Waals surface area contributed by atoms with Crippen LogP contribution in [-0.2, 0) is 16.4 Å². The van der Waals surface area contributed by atoms with Gasteiger partial charge in [-0.2, -0.15) is 4.98 Å². The minimum Gasteiger partial charge on any atom is -0.399 e. The Hall–Kier alpha value is -2.07. The Morgan fingerprint density at radius 2 is 1.95 bits per heavy atom. The number of anilines is 1. The smallest absolute Gasteiger partial charge is 0.246 e. The molecule has 1 aromatic heterocycles. The molecule has 0 aliphatic rings. The van der Waals surface area contributed by atoms with E-state index in [1.165, 1.54) is 0 Å². The lowest BCUT2D eigenvalue weighted by atomic mass is 10.3. The second-order valence-electron chi connectivity index (χ2n) is 3.80. The van der Waals surface area contributed by atoms with E-state index in [2.05, 4.69) is 14.7 Å². The molecule has 0 aliphatic carbocycles. The molecule has 0 bridgehead atoms. The molecule has 0 atom stereocenters. The quantitative estimate of drug-likeness (QED) is 0.776. The second-order valence-corrected chi connectivity index (χ2v) is 5.50. The summed E-state index contributed by atoms with van der Waals surface area (Å²) in [5.41, 5.74) is 5.01. The third-order valence-corrected chi connectivity index (χ3v) is 3.84. The summed E-state index contributed by atoms with van der Waals surface area (Å²) < 4.78 is 57.4. The Kier molecular flexibility index (Phi) is 3.95. The topological polar surface area (TPSA) is 111 Å². The van der Waals surface area contributed by atoms with Crippen LogP contribution >= 0.6 is 0 Å². The molecule has 0 amide bonds. The summed E-state index contributed by atoms with van der Waals surface area (Å²) in [6.45, 7) is -0.145. The molecular weight excluding hydrogens is 294 g/mol. The summed E-state index contributed by atoms with van der Waals surface area (Å²) in [5, 5.41) is 3.34. The third-order valence-electron chi connectivity index (χ3n) is 2.33. The maximum Gasteiger partial charge on any atom is 0.246 e. The van der Waals surface area contributed by atoms with Crippen LogP contribution in [0.1, 0.15) is 5.89 Å². The average Bonchev–Trinajstić information content (AvgIpc) is 2.79. The highest BCUT2D eigenvalue weighted by atomic mass is 32.2. The maximum atomic E-state index is 13.5. The number of halogens is 2. The van der Waals surface area contributed by atoms with E-state index in [1.54, 1.807) is 0 Å². The van der Waals surface area contributed by atoms with Crippen molar-refractivity contribution >= 4 is 15.7 Å². The van der Waals surface area contributed by atoms with Crippen molar-refractivity contribution in [1.29, 1.82) is 0 Å². The SMILES string of the molecule is Nc1cc(F)c(S(=O)(=O)NCCc2ncno2)c(F)c1. The van der Waals surface area contributed by atoms with Crippen LogP contribution in [0, 0.1) is 11.6 Å². The lowest BCUT2D eigenvalue weighted by Gasteiger charge is -2.08. The molecule has 1 aromatic carbocycles. The zero-order chi connectivity index (χ0) is 14.8. The van der Waals surface area contributed by atoms with Crippen LogP contribution < -0.4 is 10.5 Å². The molecule has 108 valence electrons. The number of nitrogens with two attached hydrogens (primary N) is 1. The number of nitrogens with zero attached hydrogens (tertiary/aromatic N) is 2. The molecule has 20 heavy (non-hydrogen) atoms. The standard InChI is InChI=1S/C10H10F2N4O3S/c11-7-3-6(13)4-8(12)10(7)20(17,18)16-2-1-9-14-5-15-19-9/h3-5,16H,1-2,13H2. The third kappa shape index (κ3) is 3.08. The number of sulfonamides is 1. The van der Waals surface area contributed by atoms with Crippen LogP contribution in [0.15, 0.2) is 27.9 Å². The zero-order valence-electron chi connectivity index (χ0n) is 10.0. The normalized spacial score (nSPS) is 11.7. The van der Waals surface area contributed by atoms with E-state index in [-0.39, 0.29) is 24.5 Å². The number of hydrogen-bond acceptors (Lipinski definition) is 6. The molecule has 7 nitrogen and oxygen atoms in total. The van der Waals surface area contributed by atoms with Gasteiger partial charge in [-0.1, -0.05) is 5.16 Å². The van der Waals surface area contributed by atoms with Crippen LogP contribution in [0.3, 0.4) is 0 Å². The average molecular weight is 304 g/mol. The Bertz CT molecular complexity index is 680. The number of rotatable bonds is 5. The van der Waals surface area contributed by atoms with Crippen LogP contribution in [0.25, 0.3) is 0 Å². The highest BCUT2D eigenvalue weighted by Gasteiger charge is 2.24. The van der Waals surface area contributed by atoms with Crippen LogP contribution in [0.4, 0.5) is 14.5 Å². The van der Waals surface area contributed by atoms with Gasteiger partial charge in [0.2, 0.25) is 15.9 Å². The molecule has 10 heteroatoms. The lowest BCUT2D eigenvalue weighted by molar-refractivity contribution is 0.377. The van der Waals surface area contributed by atoms with E-state index >= 15 is 0 Å². The van der Waals surface area contributed by atoms with Gasteiger partial charge in [-0.15, -0.1) is 0 Å². The minimum absolute atomic E-state index is 0.0947.